The van der Waals surface area contributed by atoms with Crippen molar-refractivity contribution in [2.45, 2.75) is 5.03 Å². The molecule has 0 amide bonds. The Bertz CT molecular complexity index is 491. The second kappa shape index (κ2) is 2.13. The Morgan fingerprint density at radius 3 is 3.33 bits per heavy atom. The van der Waals surface area contributed by atoms with Crippen molar-refractivity contribution in [3.63, 3.8) is 0 Å². The van der Waals surface area contributed by atoms with Crippen LogP contribution in [0.3, 0.4) is 0 Å². The third kappa shape index (κ3) is 0.687. The molecule has 1 aromatic rings. The fourth-order valence-corrected chi connectivity index (χ4v) is 1.98. The van der Waals surface area contributed by atoms with E-state index in [4.69, 9.17) is 0 Å². The van der Waals surface area contributed by atoms with Gasteiger partial charge in [0.05, 0.1) is 12.1 Å². The van der Waals surface area contributed by atoms with E-state index in [1.165, 1.54) is 0 Å². The van der Waals surface area contributed by atoms with Gasteiger partial charge < -0.3 is 0 Å². The summed E-state index contributed by atoms with van der Waals surface area (Å²) < 4.78 is 0. The van der Waals surface area contributed by atoms with Gasteiger partial charge in [0, 0.05) is 11.8 Å². The summed E-state index contributed by atoms with van der Waals surface area (Å²) >= 11 is 1.64. The van der Waals surface area contributed by atoms with Gasteiger partial charge in [0.25, 0.3) is 0 Å². The molecule has 0 atom stereocenters. The minimum atomic E-state index is 0.758. The molecule has 0 fully saturated rings. The second-order valence-electron chi connectivity index (χ2n) is 2.49. The number of aromatic nitrogens is 1. The van der Waals surface area contributed by atoms with Gasteiger partial charge in [-0.1, -0.05) is 11.8 Å². The van der Waals surface area contributed by atoms with E-state index in [1.54, 1.807) is 24.2 Å². The van der Waals surface area contributed by atoms with Gasteiger partial charge in [0.1, 0.15) is 15.7 Å². The molecule has 0 saturated heterocycles. The average Bonchev–Trinajstić information content (AvgIpc) is 2.71. The Morgan fingerprint density at radius 2 is 2.33 bits per heavy atom. The standard InChI is InChI=1S/C7H4N4S/c1-4-2-10-11-5(4)6-7(8-1)12-3-9-6/h1-2H,3H2. The maximum Gasteiger partial charge on any atom is 0.125 e. The lowest BCUT2D eigenvalue weighted by Gasteiger charge is -1.89. The number of hydrogen-bond donors (Lipinski definition) is 0. The van der Waals surface area contributed by atoms with Crippen LogP contribution < -0.4 is 10.7 Å². The minimum Gasteiger partial charge on any atom is -0.269 e. The average molecular weight is 176 g/mol. The SMILES string of the molecule is C1=NN=c2c1cnc1c2=NCS1. The zero-order valence-corrected chi connectivity index (χ0v) is 6.88. The second-order valence-corrected chi connectivity index (χ2v) is 3.43. The molecular formula is C7H4N4S. The molecule has 0 spiro atoms. The summed E-state index contributed by atoms with van der Waals surface area (Å²) in [5.41, 5.74) is 0.972. The van der Waals surface area contributed by atoms with Gasteiger partial charge >= 0.3 is 0 Å². The molecule has 58 valence electrons. The van der Waals surface area contributed by atoms with Crippen molar-refractivity contribution in [1.82, 2.24) is 4.98 Å². The Balaban J connectivity index is 2.54. The van der Waals surface area contributed by atoms with Crippen LogP contribution in [0.5, 0.6) is 0 Å². The van der Waals surface area contributed by atoms with E-state index < -0.39 is 0 Å². The lowest BCUT2D eigenvalue weighted by atomic mass is 10.3. The Labute approximate surface area is 72.1 Å². The first-order chi connectivity index (χ1) is 5.95. The first-order valence-corrected chi connectivity index (χ1v) is 4.51. The number of hydrogen-bond acceptors (Lipinski definition) is 5. The van der Waals surface area contributed by atoms with Gasteiger partial charge in [-0.05, 0) is 0 Å². The van der Waals surface area contributed by atoms with Gasteiger partial charge in [-0.3, -0.25) is 4.99 Å². The summed E-state index contributed by atoms with van der Waals surface area (Å²) in [5.74, 6) is 0.758. The Kier molecular flexibility index (Phi) is 1.12. The van der Waals surface area contributed by atoms with E-state index in [9.17, 15) is 0 Å². The molecule has 2 aliphatic rings. The predicted octanol–water partition coefficient (Wildman–Crippen LogP) is -0.269. The lowest BCUT2D eigenvalue weighted by Crippen LogP contribution is -2.28. The summed E-state index contributed by atoms with van der Waals surface area (Å²) in [7, 11) is 0. The van der Waals surface area contributed by atoms with E-state index >= 15 is 0 Å². The van der Waals surface area contributed by atoms with Gasteiger partial charge in [-0.25, -0.2) is 4.98 Å². The topological polar surface area (TPSA) is 50.0 Å². The fourth-order valence-electron chi connectivity index (χ4n) is 1.24. The van der Waals surface area contributed by atoms with Crippen LogP contribution in [0.2, 0.25) is 0 Å². The van der Waals surface area contributed by atoms with Crippen LogP contribution in [-0.4, -0.2) is 17.1 Å². The Morgan fingerprint density at radius 1 is 1.33 bits per heavy atom. The van der Waals surface area contributed by atoms with Crippen LogP contribution in [0.25, 0.3) is 0 Å². The molecule has 0 saturated carbocycles. The molecule has 3 heterocycles. The minimum absolute atomic E-state index is 0.758. The smallest absolute Gasteiger partial charge is 0.125 e. The largest absolute Gasteiger partial charge is 0.269 e. The monoisotopic (exact) mass is 176 g/mol. The number of rotatable bonds is 0. The number of pyridine rings is 1. The predicted molar refractivity (Wildman–Crippen MR) is 44.9 cm³/mol. The van der Waals surface area contributed by atoms with Gasteiger partial charge in [0.2, 0.25) is 0 Å². The molecule has 5 heteroatoms. The van der Waals surface area contributed by atoms with Gasteiger partial charge in [-0.15, -0.1) is 5.10 Å². The molecular weight excluding hydrogens is 172 g/mol. The van der Waals surface area contributed by atoms with Crippen LogP contribution >= 0.6 is 11.8 Å². The molecule has 1 aromatic heterocycles. The zero-order valence-electron chi connectivity index (χ0n) is 6.06. The van der Waals surface area contributed by atoms with Gasteiger partial charge in [-0.2, -0.15) is 5.10 Å². The van der Waals surface area contributed by atoms with E-state index in [2.05, 4.69) is 20.2 Å². The molecule has 0 aliphatic carbocycles. The first-order valence-electron chi connectivity index (χ1n) is 3.52. The highest BCUT2D eigenvalue weighted by atomic mass is 32.2. The summed E-state index contributed by atoms with van der Waals surface area (Å²) in [6.07, 6.45) is 3.50. The van der Waals surface area contributed by atoms with Crippen molar-refractivity contribution in [3.8, 4) is 0 Å². The summed E-state index contributed by atoms with van der Waals surface area (Å²) in [4.78, 5) is 8.55. The van der Waals surface area contributed by atoms with Crippen LogP contribution in [0, 0.1) is 0 Å². The molecule has 2 aliphatic heterocycles. The van der Waals surface area contributed by atoms with Crippen molar-refractivity contribution >= 4 is 18.0 Å². The molecule has 0 radical (unpaired) electrons. The molecule has 0 bridgehead atoms. The molecule has 3 rings (SSSR count). The van der Waals surface area contributed by atoms with Crippen molar-refractivity contribution in [3.05, 3.63) is 22.5 Å². The van der Waals surface area contributed by atoms with Crippen molar-refractivity contribution in [2.75, 3.05) is 5.88 Å². The third-order valence-corrected chi connectivity index (χ3v) is 2.63. The molecule has 4 nitrogen and oxygen atoms in total. The lowest BCUT2D eigenvalue weighted by molar-refractivity contribution is 1.01. The maximum absolute atomic E-state index is 4.30. The number of nitrogens with zero attached hydrogens (tertiary/aromatic N) is 4. The molecule has 12 heavy (non-hydrogen) atoms. The van der Waals surface area contributed by atoms with E-state index in [1.807, 2.05) is 0 Å². The third-order valence-electron chi connectivity index (χ3n) is 1.80. The van der Waals surface area contributed by atoms with Crippen molar-refractivity contribution in [1.29, 1.82) is 0 Å². The molecule has 0 N–H and O–H groups in total. The molecule has 0 aromatic carbocycles. The highest BCUT2D eigenvalue weighted by molar-refractivity contribution is 7.99. The van der Waals surface area contributed by atoms with Gasteiger partial charge in [0.15, 0.2) is 0 Å². The van der Waals surface area contributed by atoms with Crippen LogP contribution in [0.4, 0.5) is 0 Å². The maximum atomic E-state index is 4.30. The number of fused-ring (bicyclic) bond motifs is 3. The Hall–Kier alpha value is -1.23. The van der Waals surface area contributed by atoms with Crippen molar-refractivity contribution in [2.24, 2.45) is 15.2 Å². The fraction of sp³-hybridized carbons (Fsp3) is 0.143. The zero-order chi connectivity index (χ0) is 7.97. The highest BCUT2D eigenvalue weighted by Crippen LogP contribution is 2.13. The van der Waals surface area contributed by atoms with E-state index in [0.717, 1.165) is 27.2 Å². The number of thioether (sulfide) groups is 1. The first kappa shape index (κ1) is 6.30. The summed E-state index contributed by atoms with van der Waals surface area (Å²) in [6.45, 7) is 0. The summed E-state index contributed by atoms with van der Waals surface area (Å²) in [6, 6.07) is 0. The summed E-state index contributed by atoms with van der Waals surface area (Å²) in [5, 5.41) is 10.6. The van der Waals surface area contributed by atoms with Crippen molar-refractivity contribution < 1.29 is 0 Å². The van der Waals surface area contributed by atoms with Crippen LogP contribution in [0.15, 0.2) is 26.4 Å². The highest BCUT2D eigenvalue weighted by Gasteiger charge is 2.12. The molecule has 0 unspecified atom stereocenters. The van der Waals surface area contributed by atoms with E-state index in [-0.39, 0.29) is 0 Å². The van der Waals surface area contributed by atoms with Crippen LogP contribution in [0.1, 0.15) is 5.56 Å². The normalized spacial score (nSPS) is 16.7. The van der Waals surface area contributed by atoms with E-state index in [0.29, 0.717) is 0 Å². The quantitative estimate of drug-likeness (QED) is 0.546. The van der Waals surface area contributed by atoms with Crippen LogP contribution in [-0.2, 0) is 0 Å².